The highest BCUT2D eigenvalue weighted by Crippen LogP contribution is 2.08. The second kappa shape index (κ2) is 15.2. The molecule has 0 saturated heterocycles. The average molecular weight is 522 g/mol. The number of nitrogens with two attached hydrogens (primary N) is 2. The van der Waals surface area contributed by atoms with Gasteiger partial charge in [-0.05, 0) is 24.3 Å². The minimum Gasteiger partial charge on any atom is -0.481 e. The molecular formula is C24H35N5O8. The van der Waals surface area contributed by atoms with Gasteiger partial charge in [0.2, 0.25) is 23.6 Å². The lowest BCUT2D eigenvalue weighted by atomic mass is 10.0. The van der Waals surface area contributed by atoms with Crippen molar-refractivity contribution in [2.45, 2.75) is 70.1 Å². The number of aliphatic carboxylic acids is 2. The number of carbonyl (C=O) groups is 6. The highest BCUT2D eigenvalue weighted by Gasteiger charge is 2.31. The smallest absolute Gasteiger partial charge is 0.326 e. The van der Waals surface area contributed by atoms with Gasteiger partial charge in [-0.2, -0.15) is 0 Å². The zero-order valence-corrected chi connectivity index (χ0v) is 20.8. The van der Waals surface area contributed by atoms with Crippen molar-refractivity contribution < 1.29 is 39.0 Å². The number of hydrogen-bond acceptors (Lipinski definition) is 7. The van der Waals surface area contributed by atoms with E-state index in [1.54, 1.807) is 44.2 Å². The molecule has 13 nitrogen and oxygen atoms in total. The van der Waals surface area contributed by atoms with Crippen LogP contribution in [0.1, 0.15) is 45.1 Å². The van der Waals surface area contributed by atoms with E-state index in [0.717, 1.165) is 0 Å². The lowest BCUT2D eigenvalue weighted by Crippen LogP contribution is -2.58. The van der Waals surface area contributed by atoms with Crippen LogP contribution in [0.2, 0.25) is 0 Å². The number of benzene rings is 1. The van der Waals surface area contributed by atoms with E-state index in [0.29, 0.717) is 5.56 Å². The first-order chi connectivity index (χ1) is 17.3. The Hall–Kier alpha value is -4.00. The molecule has 0 aliphatic rings. The van der Waals surface area contributed by atoms with E-state index in [1.165, 1.54) is 0 Å². The van der Waals surface area contributed by atoms with Crippen LogP contribution in [0.3, 0.4) is 0 Å². The summed E-state index contributed by atoms with van der Waals surface area (Å²) < 4.78 is 0. The first kappa shape index (κ1) is 31.0. The number of carbonyl (C=O) groups excluding carboxylic acids is 4. The first-order valence-corrected chi connectivity index (χ1v) is 11.7. The van der Waals surface area contributed by atoms with Crippen LogP contribution in [-0.4, -0.2) is 69.9 Å². The molecule has 37 heavy (non-hydrogen) atoms. The fraction of sp³-hybridized carbons (Fsp3) is 0.500. The van der Waals surface area contributed by atoms with E-state index < -0.39 is 66.2 Å². The zero-order chi connectivity index (χ0) is 28.1. The van der Waals surface area contributed by atoms with E-state index in [2.05, 4.69) is 16.0 Å². The van der Waals surface area contributed by atoms with Gasteiger partial charge in [-0.15, -0.1) is 0 Å². The van der Waals surface area contributed by atoms with Crippen LogP contribution in [0, 0.1) is 5.92 Å². The predicted molar refractivity (Wildman–Crippen MR) is 132 cm³/mol. The zero-order valence-electron chi connectivity index (χ0n) is 20.8. The van der Waals surface area contributed by atoms with Gasteiger partial charge in [0.15, 0.2) is 0 Å². The molecule has 4 unspecified atom stereocenters. The van der Waals surface area contributed by atoms with Crippen molar-refractivity contribution in [3.05, 3.63) is 35.9 Å². The van der Waals surface area contributed by atoms with Crippen LogP contribution < -0.4 is 27.4 Å². The van der Waals surface area contributed by atoms with Crippen molar-refractivity contribution in [3.8, 4) is 0 Å². The van der Waals surface area contributed by atoms with Crippen molar-refractivity contribution in [1.82, 2.24) is 16.0 Å². The first-order valence-electron chi connectivity index (χ1n) is 11.7. The Balaban J connectivity index is 3.15. The molecule has 4 amide bonds. The molecule has 0 spiro atoms. The van der Waals surface area contributed by atoms with E-state index >= 15 is 0 Å². The summed E-state index contributed by atoms with van der Waals surface area (Å²) in [6, 6.07) is 3.56. The number of nitrogens with one attached hydrogen (secondary N) is 3. The Morgan fingerprint density at radius 1 is 0.784 bits per heavy atom. The van der Waals surface area contributed by atoms with E-state index in [4.69, 9.17) is 16.6 Å². The van der Waals surface area contributed by atoms with Gasteiger partial charge in [0.25, 0.3) is 0 Å². The number of carboxylic acid groups (broad SMARTS) is 2. The molecule has 0 aliphatic heterocycles. The standard InChI is InChI=1S/C24H35N5O8/c1-13(2)20(26)23(35)27-15(9-11-19(31)32)21(33)29-17(12-14-6-4-3-5-7-14)22(34)28-16(24(36)37)8-10-18(25)30/h3-7,13,15-17,20H,8-12,26H2,1-2H3,(H2,25,30)(H,27,35)(H,28,34)(H,29,33)(H,31,32)(H,36,37). The highest BCUT2D eigenvalue weighted by atomic mass is 16.4. The molecule has 204 valence electrons. The molecule has 0 fully saturated rings. The lowest BCUT2D eigenvalue weighted by Gasteiger charge is -2.25. The van der Waals surface area contributed by atoms with Crippen LogP contribution in [0.15, 0.2) is 30.3 Å². The molecule has 0 aliphatic carbocycles. The third-order valence-corrected chi connectivity index (χ3v) is 5.51. The quantitative estimate of drug-likeness (QED) is 0.139. The van der Waals surface area contributed by atoms with Gasteiger partial charge < -0.3 is 37.6 Å². The Morgan fingerprint density at radius 2 is 1.30 bits per heavy atom. The molecule has 1 aromatic carbocycles. The van der Waals surface area contributed by atoms with Crippen molar-refractivity contribution >= 4 is 35.6 Å². The Bertz CT molecular complexity index is 969. The second-order valence-electron chi connectivity index (χ2n) is 8.92. The van der Waals surface area contributed by atoms with Gasteiger partial charge in [0.05, 0.1) is 6.04 Å². The minimum absolute atomic E-state index is 0.0360. The number of rotatable bonds is 16. The molecule has 9 N–H and O–H groups in total. The monoisotopic (exact) mass is 521 g/mol. The van der Waals surface area contributed by atoms with Crippen molar-refractivity contribution in [2.75, 3.05) is 0 Å². The van der Waals surface area contributed by atoms with Crippen molar-refractivity contribution in [2.24, 2.45) is 17.4 Å². The summed E-state index contributed by atoms with van der Waals surface area (Å²) in [5, 5.41) is 25.7. The molecule has 0 bridgehead atoms. The molecule has 0 radical (unpaired) electrons. The van der Waals surface area contributed by atoms with Gasteiger partial charge in [0, 0.05) is 19.3 Å². The molecule has 1 aromatic rings. The fourth-order valence-corrected chi connectivity index (χ4v) is 3.25. The van der Waals surface area contributed by atoms with Crippen LogP contribution in [0.25, 0.3) is 0 Å². The average Bonchev–Trinajstić information content (AvgIpc) is 2.82. The highest BCUT2D eigenvalue weighted by molar-refractivity contribution is 5.94. The molecule has 0 heterocycles. The maximum atomic E-state index is 13.1. The lowest BCUT2D eigenvalue weighted by molar-refractivity contribution is -0.142. The number of carboxylic acids is 2. The van der Waals surface area contributed by atoms with Crippen LogP contribution in [0.5, 0.6) is 0 Å². The Morgan fingerprint density at radius 3 is 1.81 bits per heavy atom. The number of primary amides is 1. The molecule has 1 rings (SSSR count). The summed E-state index contributed by atoms with van der Waals surface area (Å²) in [5.41, 5.74) is 11.6. The van der Waals surface area contributed by atoms with Gasteiger partial charge in [-0.25, -0.2) is 4.79 Å². The summed E-state index contributed by atoms with van der Waals surface area (Å²) in [6.45, 7) is 3.40. The SMILES string of the molecule is CC(C)C(N)C(=O)NC(CCC(=O)O)C(=O)NC(Cc1ccccc1)C(=O)NC(CCC(N)=O)C(=O)O. The van der Waals surface area contributed by atoms with Crippen LogP contribution in [0.4, 0.5) is 0 Å². The minimum atomic E-state index is -1.44. The molecule has 0 saturated carbocycles. The predicted octanol–water partition coefficient (Wildman–Crippen LogP) is -1.12. The topological polar surface area (TPSA) is 231 Å². The molecule has 0 aromatic heterocycles. The van der Waals surface area contributed by atoms with Crippen LogP contribution >= 0.6 is 0 Å². The maximum Gasteiger partial charge on any atom is 0.326 e. The summed E-state index contributed by atoms with van der Waals surface area (Å²) in [4.78, 5) is 72.4. The van der Waals surface area contributed by atoms with Crippen molar-refractivity contribution in [1.29, 1.82) is 0 Å². The Kier molecular flexibility index (Phi) is 12.7. The largest absolute Gasteiger partial charge is 0.481 e. The van der Waals surface area contributed by atoms with Gasteiger partial charge in [-0.1, -0.05) is 44.2 Å². The van der Waals surface area contributed by atoms with Gasteiger partial charge >= 0.3 is 11.9 Å². The van der Waals surface area contributed by atoms with Crippen LogP contribution in [-0.2, 0) is 35.2 Å². The molecular weight excluding hydrogens is 486 g/mol. The Labute approximate surface area is 214 Å². The second-order valence-corrected chi connectivity index (χ2v) is 8.92. The van der Waals surface area contributed by atoms with Crippen molar-refractivity contribution in [3.63, 3.8) is 0 Å². The summed E-state index contributed by atoms with van der Waals surface area (Å²) >= 11 is 0. The van der Waals surface area contributed by atoms with E-state index in [9.17, 15) is 33.9 Å². The van der Waals surface area contributed by atoms with Gasteiger partial charge in [0.1, 0.15) is 18.1 Å². The summed E-state index contributed by atoms with van der Waals surface area (Å²) in [6.07, 6.45) is -1.29. The fourth-order valence-electron chi connectivity index (χ4n) is 3.25. The number of amides is 4. The van der Waals surface area contributed by atoms with E-state index in [-0.39, 0.29) is 31.6 Å². The molecule has 4 atom stereocenters. The normalized spacial score (nSPS) is 14.1. The molecule has 13 heteroatoms. The summed E-state index contributed by atoms with van der Waals surface area (Å²) in [5.74, 6) is -5.95. The maximum absolute atomic E-state index is 13.1. The van der Waals surface area contributed by atoms with E-state index in [1.807, 2.05) is 0 Å². The summed E-state index contributed by atoms with van der Waals surface area (Å²) in [7, 11) is 0. The van der Waals surface area contributed by atoms with Gasteiger partial charge in [-0.3, -0.25) is 24.0 Å². The third-order valence-electron chi connectivity index (χ3n) is 5.51. The third kappa shape index (κ3) is 11.5. The number of hydrogen-bond donors (Lipinski definition) is 7.